The minimum absolute atomic E-state index is 0.261. The minimum atomic E-state index is -1.36. The van der Waals surface area contributed by atoms with Crippen LogP contribution in [0.4, 0.5) is 4.79 Å². The molecule has 0 aliphatic carbocycles. The van der Waals surface area contributed by atoms with E-state index in [9.17, 15) is 14.7 Å². The van der Waals surface area contributed by atoms with Gasteiger partial charge in [-0.05, 0) is 46.8 Å². The van der Waals surface area contributed by atoms with Crippen LogP contribution in [0, 0.1) is 13.8 Å². The second-order valence-corrected chi connectivity index (χ2v) is 5.51. The molecule has 0 saturated carbocycles. The summed E-state index contributed by atoms with van der Waals surface area (Å²) in [6, 6.07) is 3.74. The van der Waals surface area contributed by atoms with Crippen LogP contribution in [0.5, 0.6) is 0 Å². The number of rotatable bonds is 3. The number of aryl methyl sites for hydroxylation is 2. The Hall–Kier alpha value is -1.98. The summed E-state index contributed by atoms with van der Waals surface area (Å²) in [6.45, 7) is 8.58. The zero-order valence-electron chi connectivity index (χ0n) is 12.0. The van der Waals surface area contributed by atoms with E-state index < -0.39 is 17.5 Å². The van der Waals surface area contributed by atoms with Crippen molar-refractivity contribution in [2.24, 2.45) is 0 Å². The van der Waals surface area contributed by atoms with E-state index in [2.05, 4.69) is 5.43 Å². The molecule has 0 fully saturated rings. The number of aromatic nitrogens is 1. The molecule has 1 rings (SSSR count). The molecule has 0 radical (unpaired) electrons. The number of carbonyl (C=O) groups is 2. The lowest BCUT2D eigenvalue weighted by Crippen LogP contribution is -2.54. The fraction of sp³-hybridized carbons (Fsp3) is 0.538. The van der Waals surface area contributed by atoms with Gasteiger partial charge in [0.1, 0.15) is 12.6 Å². The Morgan fingerprint density at radius 3 is 2.11 bits per heavy atom. The Bertz CT molecular complexity index is 466. The minimum Gasteiger partial charge on any atom is -0.530 e. The van der Waals surface area contributed by atoms with E-state index in [1.54, 1.807) is 25.4 Å². The third-order valence-corrected chi connectivity index (χ3v) is 2.84. The Labute approximate surface area is 113 Å². The molecular weight excluding hydrogens is 246 g/mol. The molecule has 1 aromatic heterocycles. The van der Waals surface area contributed by atoms with Gasteiger partial charge in [-0.1, -0.05) is 0 Å². The molecule has 0 atom stereocenters. The molecule has 0 aliphatic rings. The highest BCUT2D eigenvalue weighted by Gasteiger charge is 2.23. The predicted octanol–water partition coefficient (Wildman–Crippen LogP) is 0.619. The summed E-state index contributed by atoms with van der Waals surface area (Å²) in [7, 11) is 0. The Morgan fingerprint density at radius 2 is 1.74 bits per heavy atom. The van der Waals surface area contributed by atoms with Crippen molar-refractivity contribution in [1.29, 1.82) is 0 Å². The molecule has 106 valence electrons. The van der Waals surface area contributed by atoms with Gasteiger partial charge in [0.15, 0.2) is 0 Å². The summed E-state index contributed by atoms with van der Waals surface area (Å²) >= 11 is 0. The van der Waals surface area contributed by atoms with Crippen LogP contribution in [0.1, 0.15) is 32.2 Å². The van der Waals surface area contributed by atoms with Crippen molar-refractivity contribution in [3.8, 4) is 0 Å². The van der Waals surface area contributed by atoms with Crippen LogP contribution in [-0.4, -0.2) is 33.7 Å². The molecule has 0 saturated heterocycles. The highest BCUT2D eigenvalue weighted by molar-refractivity contribution is 5.88. The molecule has 1 heterocycles. The van der Waals surface area contributed by atoms with Gasteiger partial charge in [-0.15, -0.1) is 0 Å². The second kappa shape index (κ2) is 5.34. The summed E-state index contributed by atoms with van der Waals surface area (Å²) in [6.07, 6.45) is -1.36. The van der Waals surface area contributed by atoms with Crippen LogP contribution in [0.3, 0.4) is 0 Å². The molecule has 6 heteroatoms. The van der Waals surface area contributed by atoms with Crippen LogP contribution in [0.25, 0.3) is 0 Å². The van der Waals surface area contributed by atoms with Crippen LogP contribution < -0.4 is 10.5 Å². The van der Waals surface area contributed by atoms with E-state index in [1.807, 2.05) is 26.0 Å². The van der Waals surface area contributed by atoms with Crippen LogP contribution in [0.2, 0.25) is 0 Å². The number of amides is 2. The Kier molecular flexibility index (Phi) is 4.24. The third-order valence-electron chi connectivity index (χ3n) is 2.84. The van der Waals surface area contributed by atoms with E-state index in [1.165, 1.54) is 0 Å². The van der Waals surface area contributed by atoms with Gasteiger partial charge in [0.2, 0.25) is 0 Å². The number of nitrogens with zero attached hydrogens (tertiary/aromatic N) is 2. The molecular formula is C13H20N3O3-. The SMILES string of the molecule is Cc1ccc(C)n1NC(=O)CN(C(=O)[O-])C(C)(C)C. The van der Waals surface area contributed by atoms with Gasteiger partial charge in [-0.25, -0.2) is 0 Å². The lowest BCUT2D eigenvalue weighted by Gasteiger charge is -2.37. The first-order valence-corrected chi connectivity index (χ1v) is 6.06. The van der Waals surface area contributed by atoms with Crippen molar-refractivity contribution < 1.29 is 14.7 Å². The van der Waals surface area contributed by atoms with E-state index in [4.69, 9.17) is 0 Å². The molecule has 2 amide bonds. The molecule has 0 aromatic carbocycles. The molecule has 0 aliphatic heterocycles. The first-order chi connectivity index (χ1) is 8.62. The molecule has 19 heavy (non-hydrogen) atoms. The second-order valence-electron chi connectivity index (χ2n) is 5.51. The Morgan fingerprint density at radius 1 is 1.26 bits per heavy atom. The van der Waals surface area contributed by atoms with Crippen molar-refractivity contribution in [3.05, 3.63) is 23.5 Å². The fourth-order valence-corrected chi connectivity index (χ4v) is 1.72. The zero-order valence-corrected chi connectivity index (χ0v) is 12.0. The lowest BCUT2D eigenvalue weighted by atomic mass is 10.1. The quantitative estimate of drug-likeness (QED) is 0.871. The van der Waals surface area contributed by atoms with E-state index in [0.29, 0.717) is 0 Å². The predicted molar refractivity (Wildman–Crippen MR) is 70.1 cm³/mol. The van der Waals surface area contributed by atoms with Gasteiger partial charge in [-0.2, -0.15) is 0 Å². The summed E-state index contributed by atoms with van der Waals surface area (Å²) in [5.74, 6) is -0.401. The van der Waals surface area contributed by atoms with Gasteiger partial charge >= 0.3 is 0 Å². The monoisotopic (exact) mass is 266 g/mol. The van der Waals surface area contributed by atoms with Crippen LogP contribution >= 0.6 is 0 Å². The molecule has 0 bridgehead atoms. The topological polar surface area (TPSA) is 77.4 Å². The normalized spacial score (nSPS) is 11.2. The lowest BCUT2D eigenvalue weighted by molar-refractivity contribution is -0.270. The molecule has 6 nitrogen and oxygen atoms in total. The molecule has 1 N–H and O–H groups in total. The van der Waals surface area contributed by atoms with Gasteiger partial charge < -0.3 is 14.8 Å². The van der Waals surface area contributed by atoms with Crippen molar-refractivity contribution in [2.75, 3.05) is 12.0 Å². The van der Waals surface area contributed by atoms with Gasteiger partial charge in [0.05, 0.1) is 0 Å². The first kappa shape index (κ1) is 15.1. The highest BCUT2D eigenvalue weighted by atomic mass is 16.4. The van der Waals surface area contributed by atoms with Crippen molar-refractivity contribution in [3.63, 3.8) is 0 Å². The third kappa shape index (κ3) is 3.74. The summed E-state index contributed by atoms with van der Waals surface area (Å²) < 4.78 is 1.62. The van der Waals surface area contributed by atoms with Gasteiger partial charge in [0, 0.05) is 16.9 Å². The number of carbonyl (C=O) groups excluding carboxylic acids is 2. The average Bonchev–Trinajstić information content (AvgIpc) is 2.55. The number of hydrogen-bond acceptors (Lipinski definition) is 3. The largest absolute Gasteiger partial charge is 0.530 e. The fourth-order valence-electron chi connectivity index (χ4n) is 1.72. The molecule has 0 spiro atoms. The molecule has 1 aromatic rings. The van der Waals surface area contributed by atoms with E-state index in [-0.39, 0.29) is 6.54 Å². The van der Waals surface area contributed by atoms with Crippen LogP contribution in [-0.2, 0) is 4.79 Å². The average molecular weight is 266 g/mol. The van der Waals surface area contributed by atoms with Crippen molar-refractivity contribution in [2.45, 2.75) is 40.2 Å². The number of hydrogen-bond donors (Lipinski definition) is 1. The maximum Gasteiger partial charge on any atom is 0.258 e. The van der Waals surface area contributed by atoms with E-state index in [0.717, 1.165) is 16.3 Å². The smallest absolute Gasteiger partial charge is 0.258 e. The van der Waals surface area contributed by atoms with E-state index >= 15 is 0 Å². The van der Waals surface area contributed by atoms with Gasteiger partial charge in [-0.3, -0.25) is 14.9 Å². The maximum absolute atomic E-state index is 11.9. The number of carboxylic acid groups (broad SMARTS) is 1. The summed E-state index contributed by atoms with van der Waals surface area (Å²) in [5.41, 5.74) is 3.73. The van der Waals surface area contributed by atoms with Crippen LogP contribution in [0.15, 0.2) is 12.1 Å². The zero-order chi connectivity index (χ0) is 14.8. The van der Waals surface area contributed by atoms with Crippen molar-refractivity contribution in [1.82, 2.24) is 9.58 Å². The highest BCUT2D eigenvalue weighted by Crippen LogP contribution is 2.12. The first-order valence-electron chi connectivity index (χ1n) is 6.06. The van der Waals surface area contributed by atoms with Crippen molar-refractivity contribution >= 4 is 12.0 Å². The molecule has 0 unspecified atom stereocenters. The maximum atomic E-state index is 11.9. The Balaban J connectivity index is 2.77. The summed E-state index contributed by atoms with van der Waals surface area (Å²) in [4.78, 5) is 24.0. The number of nitrogens with one attached hydrogen (secondary N) is 1. The van der Waals surface area contributed by atoms with Gasteiger partial charge in [0.25, 0.3) is 5.91 Å². The standard InChI is InChI=1S/C13H21N3O3/c1-9-6-7-10(2)16(9)14-11(17)8-15(12(18)19)13(3,4)5/h6-7H,8H2,1-5H3,(H,14,17)(H,18,19)/p-1. The summed E-state index contributed by atoms with van der Waals surface area (Å²) in [5, 5.41) is 11.0.